The number of hydrogen-bond acceptors (Lipinski definition) is 3. The van der Waals surface area contributed by atoms with Gasteiger partial charge in [0.1, 0.15) is 5.82 Å². The molecule has 1 fully saturated rings. The van der Waals surface area contributed by atoms with Crippen LogP contribution in [0.2, 0.25) is 0 Å². The van der Waals surface area contributed by atoms with Gasteiger partial charge in [-0.3, -0.25) is 9.59 Å². The fourth-order valence-corrected chi connectivity index (χ4v) is 4.14. The van der Waals surface area contributed by atoms with Gasteiger partial charge in [-0.15, -0.1) is 0 Å². The van der Waals surface area contributed by atoms with Crippen LogP contribution in [0.5, 0.6) is 0 Å². The van der Waals surface area contributed by atoms with Gasteiger partial charge in [0.25, 0.3) is 0 Å². The Morgan fingerprint density at radius 1 is 1.21 bits per heavy atom. The molecule has 0 aliphatic carbocycles. The van der Waals surface area contributed by atoms with Crippen LogP contribution in [0.3, 0.4) is 0 Å². The lowest BCUT2D eigenvalue weighted by Crippen LogP contribution is -2.49. The standard InChI is InChI=1S/C21H27FN2O4/c1-3-13(2)19(25)23-9-4-5-14(11-23)20(26)24-10-8-15-17(12-24)16(21(27)28)6-7-18(15)22/h6-7,13-14H,3-5,8-12H2,1-2H3,(H,27,28). The summed E-state index contributed by atoms with van der Waals surface area (Å²) < 4.78 is 14.1. The Bertz CT molecular complexity index is 795. The van der Waals surface area contributed by atoms with Crippen molar-refractivity contribution in [3.05, 3.63) is 34.6 Å². The van der Waals surface area contributed by atoms with E-state index < -0.39 is 11.8 Å². The van der Waals surface area contributed by atoms with E-state index in [0.29, 0.717) is 43.6 Å². The maximum Gasteiger partial charge on any atom is 0.336 e. The maximum atomic E-state index is 14.1. The minimum atomic E-state index is -1.12. The lowest BCUT2D eigenvalue weighted by molar-refractivity contribution is -0.143. The molecule has 2 heterocycles. The number of amides is 2. The third-order valence-corrected chi connectivity index (χ3v) is 6.01. The molecule has 0 saturated carbocycles. The van der Waals surface area contributed by atoms with Gasteiger partial charge in [-0.05, 0) is 48.9 Å². The molecule has 2 unspecified atom stereocenters. The topological polar surface area (TPSA) is 77.9 Å². The highest BCUT2D eigenvalue weighted by atomic mass is 19.1. The van der Waals surface area contributed by atoms with E-state index in [2.05, 4.69) is 0 Å². The van der Waals surface area contributed by atoms with E-state index in [1.54, 1.807) is 9.80 Å². The van der Waals surface area contributed by atoms with E-state index in [0.717, 1.165) is 12.8 Å². The largest absolute Gasteiger partial charge is 0.478 e. The summed E-state index contributed by atoms with van der Waals surface area (Å²) in [4.78, 5) is 40.5. The van der Waals surface area contributed by atoms with E-state index in [1.165, 1.54) is 12.1 Å². The summed E-state index contributed by atoms with van der Waals surface area (Å²) in [6.07, 6.45) is 2.55. The first-order chi connectivity index (χ1) is 13.3. The SMILES string of the molecule is CCC(C)C(=O)N1CCCC(C(=O)N2CCc3c(F)ccc(C(=O)O)c3C2)C1. The lowest BCUT2D eigenvalue weighted by atomic mass is 9.91. The number of hydrogen-bond donors (Lipinski definition) is 1. The Balaban J connectivity index is 1.75. The molecule has 3 rings (SSSR count). The molecule has 0 aromatic heterocycles. The van der Waals surface area contributed by atoms with Crippen molar-refractivity contribution < 1.29 is 23.9 Å². The summed E-state index contributed by atoms with van der Waals surface area (Å²) in [5, 5.41) is 9.41. The quantitative estimate of drug-likeness (QED) is 0.857. The van der Waals surface area contributed by atoms with Gasteiger partial charge in [-0.25, -0.2) is 9.18 Å². The number of piperidine rings is 1. The predicted octanol–water partition coefficient (Wildman–Crippen LogP) is 2.69. The van der Waals surface area contributed by atoms with Gasteiger partial charge in [0.05, 0.1) is 11.5 Å². The zero-order chi connectivity index (χ0) is 20.4. The molecule has 2 aliphatic heterocycles. The van der Waals surface area contributed by atoms with Crippen molar-refractivity contribution >= 4 is 17.8 Å². The van der Waals surface area contributed by atoms with Crippen LogP contribution in [-0.4, -0.2) is 52.3 Å². The monoisotopic (exact) mass is 390 g/mol. The van der Waals surface area contributed by atoms with Gasteiger partial charge in [0.2, 0.25) is 11.8 Å². The van der Waals surface area contributed by atoms with Gasteiger partial charge in [0, 0.05) is 32.1 Å². The summed E-state index contributed by atoms with van der Waals surface area (Å²) in [5.41, 5.74) is 0.822. The summed E-state index contributed by atoms with van der Waals surface area (Å²) >= 11 is 0. The molecule has 7 heteroatoms. The number of fused-ring (bicyclic) bond motifs is 1. The van der Waals surface area contributed by atoms with Crippen molar-refractivity contribution in [1.82, 2.24) is 9.80 Å². The second-order valence-electron chi connectivity index (χ2n) is 7.80. The van der Waals surface area contributed by atoms with E-state index in [1.807, 2.05) is 13.8 Å². The van der Waals surface area contributed by atoms with Gasteiger partial charge < -0.3 is 14.9 Å². The molecule has 2 atom stereocenters. The molecule has 1 aromatic rings. The van der Waals surface area contributed by atoms with Crippen molar-refractivity contribution in [1.29, 1.82) is 0 Å². The third kappa shape index (κ3) is 3.88. The summed E-state index contributed by atoms with van der Waals surface area (Å²) in [6, 6.07) is 2.44. The van der Waals surface area contributed by atoms with Gasteiger partial charge in [0.15, 0.2) is 0 Å². The smallest absolute Gasteiger partial charge is 0.336 e. The fraction of sp³-hybridized carbons (Fsp3) is 0.571. The van der Waals surface area contributed by atoms with E-state index in [4.69, 9.17) is 0 Å². The Hall–Kier alpha value is -2.44. The highest BCUT2D eigenvalue weighted by molar-refractivity contribution is 5.90. The zero-order valence-electron chi connectivity index (χ0n) is 16.4. The predicted molar refractivity (Wildman–Crippen MR) is 101 cm³/mol. The number of rotatable bonds is 4. The molecular formula is C21H27FN2O4. The first kappa shape index (κ1) is 20.3. The Kier molecular flexibility index (Phi) is 6.01. The van der Waals surface area contributed by atoms with Crippen molar-refractivity contribution in [3.8, 4) is 0 Å². The second kappa shape index (κ2) is 8.29. The average molecular weight is 390 g/mol. The van der Waals surface area contributed by atoms with E-state index >= 15 is 0 Å². The molecule has 6 nitrogen and oxygen atoms in total. The van der Waals surface area contributed by atoms with Crippen LogP contribution in [-0.2, 0) is 22.6 Å². The highest BCUT2D eigenvalue weighted by Crippen LogP contribution is 2.28. The number of carbonyl (C=O) groups excluding carboxylic acids is 2. The zero-order valence-corrected chi connectivity index (χ0v) is 16.4. The van der Waals surface area contributed by atoms with E-state index in [-0.39, 0.29) is 35.8 Å². The van der Waals surface area contributed by atoms with Gasteiger partial charge >= 0.3 is 5.97 Å². The number of halogens is 1. The molecule has 2 amide bonds. The summed E-state index contributed by atoms with van der Waals surface area (Å²) in [6.45, 7) is 5.41. The van der Waals surface area contributed by atoms with Crippen molar-refractivity contribution in [2.75, 3.05) is 19.6 Å². The molecule has 152 valence electrons. The van der Waals surface area contributed by atoms with Crippen LogP contribution in [0, 0.1) is 17.7 Å². The number of benzene rings is 1. The molecule has 28 heavy (non-hydrogen) atoms. The summed E-state index contributed by atoms with van der Waals surface area (Å²) in [7, 11) is 0. The average Bonchev–Trinajstić information content (AvgIpc) is 2.71. The lowest BCUT2D eigenvalue weighted by Gasteiger charge is -2.37. The number of carboxylic acid groups (broad SMARTS) is 1. The highest BCUT2D eigenvalue weighted by Gasteiger charge is 2.34. The third-order valence-electron chi connectivity index (χ3n) is 6.01. The van der Waals surface area contributed by atoms with Crippen LogP contribution in [0.1, 0.15) is 54.6 Å². The molecule has 0 bridgehead atoms. The van der Waals surface area contributed by atoms with Crippen molar-refractivity contribution in [3.63, 3.8) is 0 Å². The number of carbonyl (C=O) groups is 3. The summed E-state index contributed by atoms with van der Waals surface area (Å²) in [5.74, 6) is -1.88. The van der Waals surface area contributed by atoms with Crippen LogP contribution >= 0.6 is 0 Å². The number of nitrogens with zero attached hydrogens (tertiary/aromatic N) is 2. The van der Waals surface area contributed by atoms with Crippen LogP contribution < -0.4 is 0 Å². The van der Waals surface area contributed by atoms with E-state index in [9.17, 15) is 23.9 Å². The minimum Gasteiger partial charge on any atom is -0.478 e. The van der Waals surface area contributed by atoms with Gasteiger partial charge in [-0.1, -0.05) is 13.8 Å². The van der Waals surface area contributed by atoms with Crippen LogP contribution in [0.25, 0.3) is 0 Å². The van der Waals surface area contributed by atoms with Gasteiger partial charge in [-0.2, -0.15) is 0 Å². The fourth-order valence-electron chi connectivity index (χ4n) is 4.14. The molecule has 1 saturated heterocycles. The molecule has 1 N–H and O–H groups in total. The number of carboxylic acids is 1. The van der Waals surface area contributed by atoms with Crippen LogP contribution in [0.15, 0.2) is 12.1 Å². The van der Waals surface area contributed by atoms with Crippen molar-refractivity contribution in [2.45, 2.75) is 46.1 Å². The Morgan fingerprint density at radius 2 is 1.96 bits per heavy atom. The Morgan fingerprint density at radius 3 is 2.64 bits per heavy atom. The maximum absolute atomic E-state index is 14.1. The van der Waals surface area contributed by atoms with Crippen molar-refractivity contribution in [2.24, 2.45) is 11.8 Å². The molecule has 0 spiro atoms. The first-order valence-corrected chi connectivity index (χ1v) is 9.94. The molecule has 1 aromatic carbocycles. The molecular weight excluding hydrogens is 363 g/mol. The normalized spacial score (nSPS) is 20.5. The first-order valence-electron chi connectivity index (χ1n) is 9.94. The number of aromatic carboxylic acids is 1. The Labute approximate surface area is 164 Å². The second-order valence-corrected chi connectivity index (χ2v) is 7.80. The number of likely N-dealkylation sites (tertiary alicyclic amines) is 1. The molecule has 0 radical (unpaired) electrons. The minimum absolute atomic E-state index is 0.0473. The van der Waals surface area contributed by atoms with Crippen LogP contribution in [0.4, 0.5) is 4.39 Å². The molecule has 2 aliphatic rings.